The van der Waals surface area contributed by atoms with E-state index in [0.717, 1.165) is 0 Å². The van der Waals surface area contributed by atoms with Crippen molar-refractivity contribution >= 4 is 42.7 Å². The van der Waals surface area contributed by atoms with Crippen molar-refractivity contribution in [1.29, 1.82) is 0 Å². The van der Waals surface area contributed by atoms with Crippen molar-refractivity contribution in [2.24, 2.45) is 0 Å². The van der Waals surface area contributed by atoms with Crippen LogP contribution >= 0.6 is 33.6 Å². The third kappa shape index (κ3) is 2.71. The molecule has 0 aromatic carbocycles. The molecule has 72 valence electrons. The largest absolute Gasteiger partial charge is 0.244 e. The number of halogens is 2. The second-order valence-electron chi connectivity index (χ2n) is 2.27. The maximum atomic E-state index is 11.0. The number of rotatable bonds is 3. The fourth-order valence-corrected chi connectivity index (χ4v) is 3.67. The molecule has 1 heterocycles. The molecular formula is C7H6Cl2O2S2. The van der Waals surface area contributed by atoms with Crippen molar-refractivity contribution in [3.63, 3.8) is 0 Å². The molecule has 6 heteroatoms. The standard InChI is InChI=1S/C7H6Cl2O2S2/c1-2-6(13(9,10)11)5-3-4-7(8)12-5/h2-4,6H,1H2. The molecule has 1 rings (SSSR count). The summed E-state index contributed by atoms with van der Waals surface area (Å²) in [6.45, 7) is 3.41. The molecule has 0 amide bonds. The zero-order valence-corrected chi connectivity index (χ0v) is 9.55. The van der Waals surface area contributed by atoms with E-state index in [1.165, 1.54) is 17.4 Å². The molecule has 1 aromatic rings. The molecular weight excluding hydrogens is 251 g/mol. The predicted molar refractivity (Wildman–Crippen MR) is 57.0 cm³/mol. The second-order valence-corrected chi connectivity index (χ2v) is 6.77. The van der Waals surface area contributed by atoms with Crippen LogP contribution < -0.4 is 0 Å². The van der Waals surface area contributed by atoms with Gasteiger partial charge in [-0.05, 0) is 12.1 Å². The van der Waals surface area contributed by atoms with Crippen molar-refractivity contribution in [2.45, 2.75) is 5.25 Å². The van der Waals surface area contributed by atoms with E-state index in [-0.39, 0.29) is 0 Å². The second kappa shape index (κ2) is 4.00. The van der Waals surface area contributed by atoms with Crippen molar-refractivity contribution in [1.82, 2.24) is 0 Å². The third-order valence-electron chi connectivity index (χ3n) is 1.39. The lowest BCUT2D eigenvalue weighted by Gasteiger charge is -2.04. The van der Waals surface area contributed by atoms with Crippen LogP contribution in [0.5, 0.6) is 0 Å². The van der Waals surface area contributed by atoms with E-state index >= 15 is 0 Å². The van der Waals surface area contributed by atoms with Gasteiger partial charge in [0.1, 0.15) is 5.25 Å². The molecule has 13 heavy (non-hydrogen) atoms. The van der Waals surface area contributed by atoms with Gasteiger partial charge in [0.2, 0.25) is 9.05 Å². The number of hydrogen-bond acceptors (Lipinski definition) is 3. The van der Waals surface area contributed by atoms with Gasteiger partial charge in [0.25, 0.3) is 0 Å². The van der Waals surface area contributed by atoms with E-state index in [4.69, 9.17) is 22.3 Å². The van der Waals surface area contributed by atoms with E-state index in [0.29, 0.717) is 9.21 Å². The summed E-state index contributed by atoms with van der Waals surface area (Å²) in [7, 11) is 1.56. The average molecular weight is 257 g/mol. The van der Waals surface area contributed by atoms with E-state index in [1.807, 2.05) is 0 Å². The molecule has 0 aliphatic rings. The zero-order valence-electron chi connectivity index (χ0n) is 6.41. The molecule has 0 N–H and O–H groups in total. The van der Waals surface area contributed by atoms with Crippen molar-refractivity contribution in [3.05, 3.63) is 34.0 Å². The van der Waals surface area contributed by atoms with Crippen LogP contribution in [0.2, 0.25) is 4.34 Å². The maximum absolute atomic E-state index is 11.0. The van der Waals surface area contributed by atoms with Gasteiger partial charge in [-0.2, -0.15) is 0 Å². The highest BCUT2D eigenvalue weighted by Gasteiger charge is 2.23. The first-order chi connectivity index (χ1) is 5.95. The Bertz CT molecular complexity index is 408. The van der Waals surface area contributed by atoms with E-state index in [1.54, 1.807) is 12.1 Å². The van der Waals surface area contributed by atoms with Crippen LogP contribution in [0.25, 0.3) is 0 Å². The van der Waals surface area contributed by atoms with Crippen LogP contribution in [0.1, 0.15) is 10.1 Å². The van der Waals surface area contributed by atoms with Crippen LogP contribution in [-0.4, -0.2) is 8.42 Å². The summed E-state index contributed by atoms with van der Waals surface area (Å²) in [4.78, 5) is 0.579. The molecule has 0 saturated carbocycles. The van der Waals surface area contributed by atoms with E-state index in [2.05, 4.69) is 6.58 Å². The monoisotopic (exact) mass is 256 g/mol. The number of hydrogen-bond donors (Lipinski definition) is 0. The van der Waals surface area contributed by atoms with Gasteiger partial charge in [0.05, 0.1) is 4.34 Å². The van der Waals surface area contributed by atoms with E-state index < -0.39 is 14.3 Å². The minimum absolute atomic E-state index is 0.530. The minimum atomic E-state index is -3.65. The molecule has 1 atom stereocenters. The lowest BCUT2D eigenvalue weighted by molar-refractivity contribution is 0.605. The molecule has 0 spiro atoms. The molecule has 1 aromatic heterocycles. The Kier molecular flexibility index (Phi) is 3.40. The third-order valence-corrected chi connectivity index (χ3v) is 4.48. The smallest absolute Gasteiger partial charge is 0.211 e. The molecule has 0 aliphatic carbocycles. The zero-order chi connectivity index (χ0) is 10.1. The SMILES string of the molecule is C=CC(c1ccc(Cl)s1)S(=O)(=O)Cl. The summed E-state index contributed by atoms with van der Waals surface area (Å²) in [5, 5.41) is -0.869. The Morgan fingerprint density at radius 3 is 2.46 bits per heavy atom. The van der Waals surface area contributed by atoms with Crippen LogP contribution in [0.15, 0.2) is 24.8 Å². The number of thiophene rings is 1. The Labute approximate surface area is 90.2 Å². The van der Waals surface area contributed by atoms with Gasteiger partial charge in [-0.3, -0.25) is 0 Å². The molecule has 1 unspecified atom stereocenters. The highest BCUT2D eigenvalue weighted by atomic mass is 35.7. The van der Waals surface area contributed by atoms with Crippen molar-refractivity contribution < 1.29 is 8.42 Å². The predicted octanol–water partition coefficient (Wildman–Crippen LogP) is 3.20. The Morgan fingerprint density at radius 2 is 2.15 bits per heavy atom. The van der Waals surface area contributed by atoms with Gasteiger partial charge in [-0.15, -0.1) is 17.9 Å². The molecule has 0 bridgehead atoms. The summed E-state index contributed by atoms with van der Waals surface area (Å²) in [6, 6.07) is 3.25. The minimum Gasteiger partial charge on any atom is -0.211 e. The Balaban J connectivity index is 3.12. The Hall–Kier alpha value is -0.0300. The van der Waals surface area contributed by atoms with Crippen LogP contribution in [0.4, 0.5) is 0 Å². The summed E-state index contributed by atoms with van der Waals surface area (Å²) in [6.07, 6.45) is 1.28. The molecule has 2 nitrogen and oxygen atoms in total. The van der Waals surface area contributed by atoms with Crippen molar-refractivity contribution in [3.8, 4) is 0 Å². The summed E-state index contributed by atoms with van der Waals surface area (Å²) >= 11 is 6.84. The molecule has 0 radical (unpaired) electrons. The van der Waals surface area contributed by atoms with Gasteiger partial charge in [-0.25, -0.2) is 8.42 Å². The van der Waals surface area contributed by atoms with Crippen molar-refractivity contribution in [2.75, 3.05) is 0 Å². The van der Waals surface area contributed by atoms with Gasteiger partial charge >= 0.3 is 0 Å². The fraction of sp³-hybridized carbons (Fsp3) is 0.143. The normalized spacial score (nSPS) is 14.0. The Morgan fingerprint density at radius 1 is 1.54 bits per heavy atom. The van der Waals surface area contributed by atoms with Gasteiger partial charge in [-0.1, -0.05) is 17.7 Å². The average Bonchev–Trinajstić information content (AvgIpc) is 2.34. The maximum Gasteiger partial charge on any atom is 0.244 e. The summed E-state index contributed by atoms with van der Waals surface area (Å²) in [5.74, 6) is 0. The first-order valence-corrected chi connectivity index (χ1v) is 6.83. The highest BCUT2D eigenvalue weighted by molar-refractivity contribution is 8.14. The van der Waals surface area contributed by atoms with Gasteiger partial charge in [0.15, 0.2) is 0 Å². The highest BCUT2D eigenvalue weighted by Crippen LogP contribution is 2.33. The quantitative estimate of drug-likeness (QED) is 0.615. The lowest BCUT2D eigenvalue weighted by Crippen LogP contribution is -2.01. The molecule has 0 saturated heterocycles. The molecule has 0 fully saturated rings. The first-order valence-electron chi connectivity index (χ1n) is 3.26. The van der Waals surface area contributed by atoms with Crippen LogP contribution in [-0.2, 0) is 9.05 Å². The van der Waals surface area contributed by atoms with E-state index in [9.17, 15) is 8.42 Å². The summed E-state index contributed by atoms with van der Waals surface area (Å²) < 4.78 is 22.6. The summed E-state index contributed by atoms with van der Waals surface area (Å²) in [5.41, 5.74) is 0. The van der Waals surface area contributed by atoms with Gasteiger partial charge < -0.3 is 0 Å². The van der Waals surface area contributed by atoms with Crippen LogP contribution in [0.3, 0.4) is 0 Å². The van der Waals surface area contributed by atoms with Crippen LogP contribution in [0, 0.1) is 0 Å². The molecule has 0 aliphatic heterocycles. The topological polar surface area (TPSA) is 34.1 Å². The van der Waals surface area contributed by atoms with Gasteiger partial charge in [0, 0.05) is 15.6 Å². The lowest BCUT2D eigenvalue weighted by atomic mass is 10.3. The first kappa shape index (κ1) is 11.0. The fourth-order valence-electron chi connectivity index (χ4n) is 0.851.